The summed E-state index contributed by atoms with van der Waals surface area (Å²) in [7, 11) is 0. The Balaban J connectivity index is 2.16. The standard InChI is InChI=1S/C16H27NO4/c1-15(2,3)21-13(18)16(12-6-4-5-7-12)8-10-17(11-9-16)14(19)20/h12H,4-11H2,1-3H3,(H,19,20). The van der Waals surface area contributed by atoms with Gasteiger partial charge in [0.1, 0.15) is 5.60 Å². The van der Waals surface area contributed by atoms with Crippen LogP contribution in [0.2, 0.25) is 0 Å². The number of esters is 1. The third-order valence-corrected chi connectivity index (χ3v) is 4.87. The Morgan fingerprint density at radius 1 is 1.14 bits per heavy atom. The van der Waals surface area contributed by atoms with Gasteiger partial charge in [-0.2, -0.15) is 0 Å². The van der Waals surface area contributed by atoms with Crippen LogP contribution in [-0.2, 0) is 9.53 Å². The predicted octanol–water partition coefficient (Wildman–Crippen LogP) is 3.28. The van der Waals surface area contributed by atoms with E-state index in [4.69, 9.17) is 9.84 Å². The Kier molecular flexibility index (Phi) is 4.49. The fourth-order valence-electron chi connectivity index (χ4n) is 3.73. The van der Waals surface area contributed by atoms with E-state index in [1.165, 1.54) is 4.90 Å². The zero-order valence-electron chi connectivity index (χ0n) is 13.4. The minimum absolute atomic E-state index is 0.119. The average Bonchev–Trinajstić information content (AvgIpc) is 2.90. The molecule has 5 heteroatoms. The molecule has 0 bridgehead atoms. The van der Waals surface area contributed by atoms with E-state index in [0.29, 0.717) is 31.8 Å². The lowest BCUT2D eigenvalue weighted by atomic mass is 9.67. The van der Waals surface area contributed by atoms with E-state index in [0.717, 1.165) is 25.7 Å². The molecule has 5 nitrogen and oxygen atoms in total. The van der Waals surface area contributed by atoms with Gasteiger partial charge in [0, 0.05) is 13.1 Å². The van der Waals surface area contributed by atoms with Gasteiger partial charge in [-0.3, -0.25) is 4.79 Å². The molecule has 1 saturated carbocycles. The number of carboxylic acid groups (broad SMARTS) is 1. The van der Waals surface area contributed by atoms with Crippen LogP contribution >= 0.6 is 0 Å². The molecular weight excluding hydrogens is 270 g/mol. The number of hydrogen-bond acceptors (Lipinski definition) is 3. The van der Waals surface area contributed by atoms with E-state index in [9.17, 15) is 9.59 Å². The number of nitrogens with zero attached hydrogens (tertiary/aromatic N) is 1. The Labute approximate surface area is 126 Å². The molecular formula is C16H27NO4. The van der Waals surface area contributed by atoms with Crippen molar-refractivity contribution in [2.75, 3.05) is 13.1 Å². The zero-order chi connectivity index (χ0) is 15.7. The van der Waals surface area contributed by atoms with Gasteiger partial charge in [0.15, 0.2) is 0 Å². The fraction of sp³-hybridized carbons (Fsp3) is 0.875. The largest absolute Gasteiger partial charge is 0.465 e. The molecule has 2 aliphatic rings. The summed E-state index contributed by atoms with van der Waals surface area (Å²) >= 11 is 0. The smallest absolute Gasteiger partial charge is 0.407 e. The highest BCUT2D eigenvalue weighted by Gasteiger charge is 2.50. The van der Waals surface area contributed by atoms with Crippen molar-refractivity contribution < 1.29 is 19.4 Å². The van der Waals surface area contributed by atoms with Gasteiger partial charge >= 0.3 is 12.1 Å². The van der Waals surface area contributed by atoms with Crippen LogP contribution < -0.4 is 0 Å². The number of hydrogen-bond donors (Lipinski definition) is 1. The van der Waals surface area contributed by atoms with Crippen molar-refractivity contribution in [1.29, 1.82) is 0 Å². The molecule has 1 saturated heterocycles. The number of rotatable bonds is 2. The summed E-state index contributed by atoms with van der Waals surface area (Å²) in [5.74, 6) is 0.232. The van der Waals surface area contributed by atoms with Crippen molar-refractivity contribution in [3.05, 3.63) is 0 Å². The molecule has 0 aromatic heterocycles. The van der Waals surface area contributed by atoms with Crippen molar-refractivity contribution in [1.82, 2.24) is 4.90 Å². The minimum atomic E-state index is -0.890. The van der Waals surface area contributed by atoms with Crippen molar-refractivity contribution in [3.63, 3.8) is 0 Å². The summed E-state index contributed by atoms with van der Waals surface area (Å²) in [5.41, 5.74) is -0.970. The summed E-state index contributed by atoms with van der Waals surface area (Å²) in [4.78, 5) is 25.3. The molecule has 2 rings (SSSR count). The van der Waals surface area contributed by atoms with Gasteiger partial charge in [0.25, 0.3) is 0 Å². The van der Waals surface area contributed by atoms with Crippen LogP contribution in [0.1, 0.15) is 59.3 Å². The molecule has 0 radical (unpaired) electrons. The van der Waals surface area contributed by atoms with Gasteiger partial charge < -0.3 is 14.7 Å². The van der Waals surface area contributed by atoms with E-state index in [1.54, 1.807) is 0 Å². The lowest BCUT2D eigenvalue weighted by molar-refractivity contribution is -0.175. The predicted molar refractivity (Wildman–Crippen MR) is 79.1 cm³/mol. The highest BCUT2D eigenvalue weighted by molar-refractivity contribution is 5.78. The number of likely N-dealkylation sites (tertiary alicyclic amines) is 1. The van der Waals surface area contributed by atoms with Gasteiger partial charge in [0.2, 0.25) is 0 Å². The van der Waals surface area contributed by atoms with Crippen molar-refractivity contribution in [2.45, 2.75) is 64.9 Å². The number of amides is 1. The van der Waals surface area contributed by atoms with Crippen LogP contribution in [0.3, 0.4) is 0 Å². The van der Waals surface area contributed by atoms with Crippen LogP contribution in [0, 0.1) is 11.3 Å². The first-order valence-corrected chi connectivity index (χ1v) is 7.96. The van der Waals surface area contributed by atoms with Gasteiger partial charge in [-0.15, -0.1) is 0 Å². The van der Waals surface area contributed by atoms with E-state index in [-0.39, 0.29) is 5.97 Å². The second-order valence-electron chi connectivity index (χ2n) is 7.41. The van der Waals surface area contributed by atoms with Crippen LogP contribution in [-0.4, -0.2) is 40.8 Å². The lowest BCUT2D eigenvalue weighted by Crippen LogP contribution is -2.51. The highest BCUT2D eigenvalue weighted by Crippen LogP contribution is 2.48. The van der Waals surface area contributed by atoms with Crippen molar-refractivity contribution in [2.24, 2.45) is 11.3 Å². The fourth-order valence-corrected chi connectivity index (χ4v) is 3.73. The van der Waals surface area contributed by atoms with E-state index >= 15 is 0 Å². The normalized spacial score (nSPS) is 23.1. The SMILES string of the molecule is CC(C)(C)OC(=O)C1(C2CCCC2)CCN(C(=O)O)CC1. The molecule has 0 aromatic carbocycles. The number of carbonyl (C=O) groups is 2. The Hall–Kier alpha value is -1.26. The van der Waals surface area contributed by atoms with Crippen molar-refractivity contribution >= 4 is 12.1 Å². The zero-order valence-corrected chi connectivity index (χ0v) is 13.4. The maximum absolute atomic E-state index is 12.8. The minimum Gasteiger partial charge on any atom is -0.465 e. The number of carbonyl (C=O) groups excluding carboxylic acids is 1. The quantitative estimate of drug-likeness (QED) is 0.794. The molecule has 1 amide bonds. The van der Waals surface area contributed by atoms with Crippen LogP contribution in [0.15, 0.2) is 0 Å². The van der Waals surface area contributed by atoms with Crippen LogP contribution in [0.25, 0.3) is 0 Å². The van der Waals surface area contributed by atoms with Gasteiger partial charge in [-0.05, 0) is 52.4 Å². The molecule has 0 atom stereocenters. The monoisotopic (exact) mass is 297 g/mol. The lowest BCUT2D eigenvalue weighted by Gasteiger charge is -2.44. The third kappa shape index (κ3) is 3.50. The number of ether oxygens (including phenoxy) is 1. The molecule has 1 aliphatic heterocycles. The molecule has 0 unspecified atom stereocenters. The van der Waals surface area contributed by atoms with E-state index in [1.807, 2.05) is 20.8 Å². The van der Waals surface area contributed by atoms with Gasteiger partial charge in [-0.1, -0.05) is 12.8 Å². The Bertz CT molecular complexity index is 399. The second kappa shape index (κ2) is 5.85. The first-order chi connectivity index (χ1) is 9.74. The first kappa shape index (κ1) is 16.1. The first-order valence-electron chi connectivity index (χ1n) is 7.96. The molecule has 2 fully saturated rings. The third-order valence-electron chi connectivity index (χ3n) is 4.87. The maximum atomic E-state index is 12.8. The Morgan fingerprint density at radius 3 is 2.10 bits per heavy atom. The van der Waals surface area contributed by atoms with Crippen molar-refractivity contribution in [3.8, 4) is 0 Å². The Morgan fingerprint density at radius 2 is 1.67 bits per heavy atom. The molecule has 120 valence electrons. The summed E-state index contributed by atoms with van der Waals surface area (Å²) in [5, 5.41) is 9.11. The summed E-state index contributed by atoms with van der Waals surface area (Å²) in [6.45, 7) is 6.54. The maximum Gasteiger partial charge on any atom is 0.407 e. The summed E-state index contributed by atoms with van der Waals surface area (Å²) in [6, 6.07) is 0. The number of piperidine rings is 1. The molecule has 1 N–H and O–H groups in total. The topological polar surface area (TPSA) is 66.8 Å². The van der Waals surface area contributed by atoms with Gasteiger partial charge in [0.05, 0.1) is 5.41 Å². The highest BCUT2D eigenvalue weighted by atomic mass is 16.6. The molecule has 0 aromatic rings. The van der Waals surface area contributed by atoms with E-state index < -0.39 is 17.1 Å². The molecule has 0 spiro atoms. The molecule has 1 aliphatic carbocycles. The average molecular weight is 297 g/mol. The molecule has 1 heterocycles. The summed E-state index contributed by atoms with van der Waals surface area (Å²) < 4.78 is 5.68. The van der Waals surface area contributed by atoms with Gasteiger partial charge in [-0.25, -0.2) is 4.79 Å². The van der Waals surface area contributed by atoms with Crippen LogP contribution in [0.5, 0.6) is 0 Å². The molecule has 21 heavy (non-hydrogen) atoms. The second-order valence-corrected chi connectivity index (χ2v) is 7.41. The summed E-state index contributed by atoms with van der Waals surface area (Å²) in [6.07, 6.45) is 4.76. The van der Waals surface area contributed by atoms with E-state index in [2.05, 4.69) is 0 Å². The van der Waals surface area contributed by atoms with Crippen LogP contribution in [0.4, 0.5) is 4.79 Å².